The molecule has 0 bridgehead atoms. The summed E-state index contributed by atoms with van der Waals surface area (Å²) in [6.45, 7) is 1.67. The Morgan fingerprint density at radius 2 is 2.08 bits per heavy atom. The van der Waals surface area contributed by atoms with Crippen LogP contribution in [0.4, 0.5) is 0 Å². The summed E-state index contributed by atoms with van der Waals surface area (Å²) in [5, 5.41) is 3.02. The number of carbonyl (C=O) groups is 1. The molecule has 0 spiro atoms. The Labute approximate surface area is 83.1 Å². The Morgan fingerprint density at radius 3 is 2.54 bits per heavy atom. The fraction of sp³-hybridized carbons (Fsp3) is 0.900. The predicted molar refractivity (Wildman–Crippen MR) is 58.5 cm³/mol. The zero-order chi connectivity index (χ0) is 9.68. The molecule has 13 heavy (non-hydrogen) atoms. The van der Waals surface area contributed by atoms with Crippen molar-refractivity contribution in [3.8, 4) is 0 Å². The number of Topliss-reactive ketones (excluding diaryl/α,β-unsaturated/α-hetero) is 1. The fourth-order valence-corrected chi connectivity index (χ4v) is 2.48. The molecule has 1 aliphatic rings. The summed E-state index contributed by atoms with van der Waals surface area (Å²) < 4.78 is 0. The lowest BCUT2D eigenvalue weighted by Gasteiger charge is -2.24. The summed E-state index contributed by atoms with van der Waals surface area (Å²) in [4.78, 5) is 11.2. The Morgan fingerprint density at radius 1 is 1.46 bits per heavy atom. The minimum Gasteiger partial charge on any atom is -0.298 e. The van der Waals surface area contributed by atoms with Crippen LogP contribution >= 0.6 is 9.39 Å². The predicted octanol–water partition coefficient (Wildman–Crippen LogP) is 2.29. The van der Waals surface area contributed by atoms with E-state index in [2.05, 4.69) is 14.5 Å². The van der Waals surface area contributed by atoms with Crippen LogP contribution < -0.4 is 5.09 Å². The van der Waals surface area contributed by atoms with Gasteiger partial charge in [0.05, 0.1) is 6.04 Å². The van der Waals surface area contributed by atoms with Gasteiger partial charge in [-0.25, -0.2) is 0 Å². The van der Waals surface area contributed by atoms with Gasteiger partial charge in [0.1, 0.15) is 5.78 Å². The number of ketones is 1. The molecule has 3 heteroatoms. The van der Waals surface area contributed by atoms with E-state index >= 15 is 0 Å². The standard InChI is InChI=1S/C10H20NOP/c1-8(12)10(11-13)7-9-5-3-2-4-6-9/h9-11H,2-7,13H2,1H3. The number of rotatable bonds is 4. The highest BCUT2D eigenvalue weighted by atomic mass is 31.0. The van der Waals surface area contributed by atoms with Gasteiger partial charge >= 0.3 is 0 Å². The molecule has 2 unspecified atom stereocenters. The lowest BCUT2D eigenvalue weighted by Crippen LogP contribution is -2.31. The van der Waals surface area contributed by atoms with Crippen LogP contribution in [-0.2, 0) is 4.79 Å². The van der Waals surface area contributed by atoms with Gasteiger partial charge in [0.25, 0.3) is 0 Å². The highest BCUT2D eigenvalue weighted by Crippen LogP contribution is 2.27. The topological polar surface area (TPSA) is 29.1 Å². The summed E-state index contributed by atoms with van der Waals surface area (Å²) in [6.07, 6.45) is 7.75. The van der Waals surface area contributed by atoms with E-state index in [1.54, 1.807) is 6.92 Å². The van der Waals surface area contributed by atoms with Crippen LogP contribution in [0.2, 0.25) is 0 Å². The molecule has 76 valence electrons. The van der Waals surface area contributed by atoms with E-state index in [0.29, 0.717) is 0 Å². The van der Waals surface area contributed by atoms with Crippen molar-refractivity contribution >= 4 is 15.2 Å². The molecular weight excluding hydrogens is 181 g/mol. The smallest absolute Gasteiger partial charge is 0.146 e. The molecule has 1 N–H and O–H groups in total. The van der Waals surface area contributed by atoms with Gasteiger partial charge in [0.2, 0.25) is 0 Å². The lowest BCUT2D eigenvalue weighted by atomic mass is 9.84. The Kier molecular flexibility index (Phi) is 4.90. The van der Waals surface area contributed by atoms with Crippen molar-refractivity contribution in [2.45, 2.75) is 51.5 Å². The zero-order valence-electron chi connectivity index (χ0n) is 8.38. The van der Waals surface area contributed by atoms with Crippen molar-refractivity contribution in [1.82, 2.24) is 5.09 Å². The molecule has 0 radical (unpaired) electrons. The summed E-state index contributed by atoms with van der Waals surface area (Å²) in [6, 6.07) is 0.0631. The first kappa shape index (κ1) is 11.1. The first-order chi connectivity index (χ1) is 6.24. The van der Waals surface area contributed by atoms with Gasteiger partial charge in [0.15, 0.2) is 0 Å². The van der Waals surface area contributed by atoms with Crippen LogP contribution in [0.25, 0.3) is 0 Å². The Hall–Kier alpha value is 0.0600. The molecule has 0 saturated heterocycles. The van der Waals surface area contributed by atoms with Gasteiger partial charge in [-0.3, -0.25) is 9.88 Å². The van der Waals surface area contributed by atoms with E-state index in [1.165, 1.54) is 32.1 Å². The van der Waals surface area contributed by atoms with Crippen molar-refractivity contribution in [1.29, 1.82) is 0 Å². The quantitative estimate of drug-likeness (QED) is 0.707. The highest BCUT2D eigenvalue weighted by molar-refractivity contribution is 7.13. The molecule has 2 atom stereocenters. The van der Waals surface area contributed by atoms with Gasteiger partial charge in [-0.15, -0.1) is 0 Å². The van der Waals surface area contributed by atoms with Crippen LogP contribution in [0.1, 0.15) is 45.4 Å². The molecule has 0 aromatic carbocycles. The maximum absolute atomic E-state index is 11.2. The minimum absolute atomic E-state index is 0.0631. The largest absolute Gasteiger partial charge is 0.298 e. The molecule has 0 aliphatic heterocycles. The summed E-state index contributed by atoms with van der Waals surface area (Å²) in [5.74, 6) is 1.04. The van der Waals surface area contributed by atoms with Gasteiger partial charge in [-0.2, -0.15) is 0 Å². The molecule has 2 nitrogen and oxygen atoms in total. The third-order valence-corrected chi connectivity index (χ3v) is 3.39. The first-order valence-corrected chi connectivity index (χ1v) is 5.78. The van der Waals surface area contributed by atoms with Crippen LogP contribution in [-0.4, -0.2) is 11.8 Å². The van der Waals surface area contributed by atoms with E-state index in [4.69, 9.17) is 0 Å². The molecule has 1 aliphatic carbocycles. The van der Waals surface area contributed by atoms with Crippen LogP contribution in [0.3, 0.4) is 0 Å². The van der Waals surface area contributed by atoms with Crippen molar-refractivity contribution < 1.29 is 4.79 Å². The Balaban J connectivity index is 2.31. The van der Waals surface area contributed by atoms with E-state index in [1.807, 2.05) is 0 Å². The van der Waals surface area contributed by atoms with Gasteiger partial charge in [0, 0.05) is 0 Å². The highest BCUT2D eigenvalue weighted by Gasteiger charge is 2.20. The molecule has 0 heterocycles. The fourth-order valence-electron chi connectivity index (χ4n) is 2.11. The Bertz CT molecular complexity index is 166. The van der Waals surface area contributed by atoms with E-state index in [-0.39, 0.29) is 11.8 Å². The van der Waals surface area contributed by atoms with Crippen molar-refractivity contribution in [2.75, 3.05) is 0 Å². The van der Waals surface area contributed by atoms with Crippen LogP contribution in [0.5, 0.6) is 0 Å². The van der Waals surface area contributed by atoms with E-state index in [0.717, 1.165) is 12.3 Å². The van der Waals surface area contributed by atoms with Crippen molar-refractivity contribution in [2.24, 2.45) is 5.92 Å². The van der Waals surface area contributed by atoms with Crippen molar-refractivity contribution in [3.05, 3.63) is 0 Å². The molecule has 1 saturated carbocycles. The van der Waals surface area contributed by atoms with Gasteiger partial charge in [-0.05, 0) is 19.3 Å². The van der Waals surface area contributed by atoms with Gasteiger partial charge in [-0.1, -0.05) is 41.5 Å². The molecule has 1 rings (SSSR count). The molecule has 0 aromatic rings. The van der Waals surface area contributed by atoms with E-state index < -0.39 is 0 Å². The zero-order valence-corrected chi connectivity index (χ0v) is 9.54. The third kappa shape index (κ3) is 3.74. The first-order valence-electron chi connectivity index (χ1n) is 5.20. The maximum atomic E-state index is 11.2. The minimum atomic E-state index is 0.0631. The summed E-state index contributed by atoms with van der Waals surface area (Å²) in [5.41, 5.74) is 0. The molecular formula is C10H20NOP. The molecule has 0 aromatic heterocycles. The van der Waals surface area contributed by atoms with Crippen LogP contribution in [0.15, 0.2) is 0 Å². The monoisotopic (exact) mass is 201 g/mol. The number of nitrogens with one attached hydrogen (secondary N) is 1. The summed E-state index contributed by atoms with van der Waals surface area (Å²) in [7, 11) is 2.46. The third-order valence-electron chi connectivity index (χ3n) is 2.99. The molecule has 0 amide bonds. The average Bonchev–Trinajstić information content (AvgIpc) is 2.15. The number of carbonyl (C=O) groups excluding carboxylic acids is 1. The normalized spacial score (nSPS) is 21.4. The summed E-state index contributed by atoms with van der Waals surface area (Å²) >= 11 is 0. The van der Waals surface area contributed by atoms with Crippen LogP contribution in [0, 0.1) is 5.92 Å². The lowest BCUT2D eigenvalue weighted by molar-refractivity contribution is -0.118. The second-order valence-corrected chi connectivity index (χ2v) is 4.40. The number of hydrogen-bond donors (Lipinski definition) is 1. The van der Waals surface area contributed by atoms with Gasteiger partial charge < -0.3 is 0 Å². The molecule has 1 fully saturated rings. The number of hydrogen-bond acceptors (Lipinski definition) is 2. The SMILES string of the molecule is CC(=O)C(CC1CCCCC1)NP. The van der Waals surface area contributed by atoms with E-state index in [9.17, 15) is 4.79 Å². The average molecular weight is 201 g/mol. The second kappa shape index (κ2) is 5.72. The van der Waals surface area contributed by atoms with Crippen molar-refractivity contribution in [3.63, 3.8) is 0 Å². The second-order valence-electron chi connectivity index (χ2n) is 4.07. The maximum Gasteiger partial charge on any atom is 0.146 e.